The van der Waals surface area contributed by atoms with Gasteiger partial charge in [-0.1, -0.05) is 34.8 Å². The summed E-state index contributed by atoms with van der Waals surface area (Å²) in [4.78, 5) is 16.9. The molecule has 1 aromatic carbocycles. The number of nitrogens with zero attached hydrogens (tertiary/aromatic N) is 1. The molecule has 1 N–H and O–H groups in total. The normalized spacial score (nSPS) is 12.3. The number of rotatable bonds is 3. The van der Waals surface area contributed by atoms with Crippen LogP contribution in [-0.2, 0) is 0 Å². The third-order valence-corrected chi connectivity index (χ3v) is 5.55. The van der Waals surface area contributed by atoms with Crippen LogP contribution in [-0.4, -0.2) is 10.9 Å². The van der Waals surface area contributed by atoms with Gasteiger partial charge in [0.25, 0.3) is 5.91 Å². The van der Waals surface area contributed by atoms with Crippen molar-refractivity contribution in [3.05, 3.63) is 62.2 Å². The molecule has 118 valence electrons. The minimum Gasteiger partial charge on any atom is -0.345 e. The van der Waals surface area contributed by atoms with Crippen LogP contribution in [0.4, 0.5) is 0 Å². The minimum absolute atomic E-state index is 0.161. The van der Waals surface area contributed by atoms with Crippen molar-refractivity contribution in [3.63, 3.8) is 0 Å². The third kappa shape index (κ3) is 3.31. The smallest absolute Gasteiger partial charge is 0.263 e. The molecule has 7 heteroatoms. The molecule has 0 aliphatic rings. The van der Waals surface area contributed by atoms with Gasteiger partial charge in [-0.25, -0.2) is 0 Å². The van der Waals surface area contributed by atoms with E-state index < -0.39 is 0 Å². The average Bonchev–Trinajstić information content (AvgIpc) is 2.85. The molecule has 0 aliphatic heterocycles. The Bertz CT molecular complexity index is 880. The van der Waals surface area contributed by atoms with Crippen molar-refractivity contribution >= 4 is 62.1 Å². The second-order valence-corrected chi connectivity index (χ2v) is 7.26. The monoisotopic (exact) mass is 384 g/mol. The molecule has 2 heterocycles. The SMILES string of the molecule is CC(NC(=O)c1sc2cc(Cl)cc(Cl)c2c1Cl)c1ccncc1. The van der Waals surface area contributed by atoms with E-state index in [4.69, 9.17) is 34.8 Å². The number of aromatic nitrogens is 1. The van der Waals surface area contributed by atoms with Crippen molar-refractivity contribution in [2.45, 2.75) is 13.0 Å². The minimum atomic E-state index is -0.243. The lowest BCUT2D eigenvalue weighted by atomic mass is 10.1. The van der Waals surface area contributed by atoms with E-state index in [2.05, 4.69) is 10.3 Å². The zero-order chi connectivity index (χ0) is 16.6. The first-order valence-corrected chi connectivity index (χ1v) is 8.70. The van der Waals surface area contributed by atoms with Crippen LogP contribution in [0.2, 0.25) is 15.1 Å². The van der Waals surface area contributed by atoms with Crippen LogP contribution in [0, 0.1) is 0 Å². The van der Waals surface area contributed by atoms with E-state index in [0.29, 0.717) is 25.3 Å². The number of carbonyl (C=O) groups excluding carboxylic acids is 1. The molecule has 0 fully saturated rings. The van der Waals surface area contributed by atoms with Crippen molar-refractivity contribution in [2.75, 3.05) is 0 Å². The first-order chi connectivity index (χ1) is 11.0. The Labute approximate surface area is 152 Å². The van der Waals surface area contributed by atoms with E-state index in [1.807, 2.05) is 19.1 Å². The van der Waals surface area contributed by atoms with Gasteiger partial charge in [-0.2, -0.15) is 0 Å². The standard InChI is InChI=1S/C16H11Cl3N2OS/c1-8(9-2-4-20-5-3-9)21-16(22)15-14(19)13-11(18)6-10(17)7-12(13)23-15/h2-8H,1H3,(H,21,22). The number of carbonyl (C=O) groups is 1. The van der Waals surface area contributed by atoms with Gasteiger partial charge in [0.05, 0.1) is 16.1 Å². The molecule has 3 nitrogen and oxygen atoms in total. The summed E-state index contributed by atoms with van der Waals surface area (Å²) in [6.45, 7) is 1.90. The Morgan fingerprint density at radius 2 is 1.91 bits per heavy atom. The van der Waals surface area contributed by atoms with Gasteiger partial charge >= 0.3 is 0 Å². The maximum Gasteiger partial charge on any atom is 0.263 e. The van der Waals surface area contributed by atoms with Crippen LogP contribution in [0.1, 0.15) is 28.2 Å². The number of hydrogen-bond acceptors (Lipinski definition) is 3. The Hall–Kier alpha value is -1.33. The predicted octanol–water partition coefficient (Wildman–Crippen LogP) is 5.75. The summed E-state index contributed by atoms with van der Waals surface area (Å²) in [7, 11) is 0. The zero-order valence-electron chi connectivity index (χ0n) is 11.9. The molecule has 1 atom stereocenters. The number of nitrogens with one attached hydrogen (secondary N) is 1. The van der Waals surface area contributed by atoms with Crippen LogP contribution in [0.15, 0.2) is 36.7 Å². The van der Waals surface area contributed by atoms with E-state index in [1.54, 1.807) is 24.5 Å². The lowest BCUT2D eigenvalue weighted by molar-refractivity contribution is 0.0944. The van der Waals surface area contributed by atoms with E-state index in [9.17, 15) is 4.79 Å². The van der Waals surface area contributed by atoms with Gasteiger partial charge in [0.15, 0.2) is 0 Å². The lowest BCUT2D eigenvalue weighted by Crippen LogP contribution is -2.26. The topological polar surface area (TPSA) is 42.0 Å². The number of fused-ring (bicyclic) bond motifs is 1. The van der Waals surface area contributed by atoms with Gasteiger partial charge in [0, 0.05) is 27.5 Å². The van der Waals surface area contributed by atoms with E-state index in [-0.39, 0.29) is 11.9 Å². The molecule has 0 spiro atoms. The molecular weight excluding hydrogens is 375 g/mol. The van der Waals surface area contributed by atoms with Gasteiger partial charge in [-0.05, 0) is 36.8 Å². The first kappa shape index (κ1) is 16.5. The highest BCUT2D eigenvalue weighted by Crippen LogP contribution is 2.41. The fraction of sp³-hybridized carbons (Fsp3) is 0.125. The summed E-state index contributed by atoms with van der Waals surface area (Å²) in [5.41, 5.74) is 0.965. The summed E-state index contributed by atoms with van der Waals surface area (Å²) >= 11 is 19.8. The first-order valence-electron chi connectivity index (χ1n) is 6.75. The largest absolute Gasteiger partial charge is 0.345 e. The highest BCUT2D eigenvalue weighted by molar-refractivity contribution is 7.21. The molecule has 23 heavy (non-hydrogen) atoms. The van der Waals surface area contributed by atoms with E-state index in [0.717, 1.165) is 10.3 Å². The highest BCUT2D eigenvalue weighted by Gasteiger charge is 2.21. The van der Waals surface area contributed by atoms with Gasteiger partial charge in [0.1, 0.15) is 4.88 Å². The lowest BCUT2D eigenvalue weighted by Gasteiger charge is -2.13. The van der Waals surface area contributed by atoms with Gasteiger partial charge < -0.3 is 5.32 Å². The molecule has 0 saturated carbocycles. The van der Waals surface area contributed by atoms with Crippen molar-refractivity contribution in [2.24, 2.45) is 0 Å². The fourth-order valence-electron chi connectivity index (χ4n) is 2.26. The summed E-state index contributed by atoms with van der Waals surface area (Å²) < 4.78 is 0.786. The Kier molecular flexibility index (Phi) is 4.78. The second kappa shape index (κ2) is 6.65. The number of halogens is 3. The van der Waals surface area contributed by atoms with Crippen LogP contribution in [0.5, 0.6) is 0 Å². The number of amides is 1. The van der Waals surface area contributed by atoms with Crippen molar-refractivity contribution in [3.8, 4) is 0 Å². The van der Waals surface area contributed by atoms with Gasteiger partial charge in [-0.3, -0.25) is 9.78 Å². The Balaban J connectivity index is 1.92. The average molecular weight is 386 g/mol. The van der Waals surface area contributed by atoms with Gasteiger partial charge in [-0.15, -0.1) is 11.3 Å². The number of benzene rings is 1. The quantitative estimate of drug-likeness (QED) is 0.624. The van der Waals surface area contributed by atoms with Crippen molar-refractivity contribution in [1.29, 1.82) is 0 Å². The molecule has 3 aromatic rings. The molecule has 0 aliphatic carbocycles. The third-order valence-electron chi connectivity index (χ3n) is 3.41. The predicted molar refractivity (Wildman–Crippen MR) is 97.0 cm³/mol. The molecule has 3 rings (SSSR count). The molecule has 0 radical (unpaired) electrons. The fourth-order valence-corrected chi connectivity index (χ4v) is 4.54. The van der Waals surface area contributed by atoms with Crippen molar-refractivity contribution < 1.29 is 4.79 Å². The zero-order valence-corrected chi connectivity index (χ0v) is 15.0. The van der Waals surface area contributed by atoms with Crippen molar-refractivity contribution in [1.82, 2.24) is 10.3 Å². The molecule has 0 bridgehead atoms. The summed E-state index contributed by atoms with van der Waals surface area (Å²) in [5.74, 6) is -0.243. The molecular formula is C16H11Cl3N2OS. The summed E-state index contributed by atoms with van der Waals surface area (Å²) in [6, 6.07) is 6.92. The van der Waals surface area contributed by atoms with E-state index >= 15 is 0 Å². The number of hydrogen-bond donors (Lipinski definition) is 1. The number of thiophene rings is 1. The molecule has 1 unspecified atom stereocenters. The van der Waals surface area contributed by atoms with Crippen LogP contribution in [0.25, 0.3) is 10.1 Å². The highest BCUT2D eigenvalue weighted by atomic mass is 35.5. The van der Waals surface area contributed by atoms with E-state index in [1.165, 1.54) is 11.3 Å². The molecule has 0 saturated heterocycles. The van der Waals surface area contributed by atoms with Crippen LogP contribution in [0.3, 0.4) is 0 Å². The Morgan fingerprint density at radius 1 is 1.22 bits per heavy atom. The summed E-state index contributed by atoms with van der Waals surface area (Å²) in [5, 5.41) is 4.89. The Morgan fingerprint density at radius 3 is 2.61 bits per heavy atom. The maximum atomic E-state index is 12.5. The van der Waals surface area contributed by atoms with Crippen LogP contribution < -0.4 is 5.32 Å². The van der Waals surface area contributed by atoms with Gasteiger partial charge in [0.2, 0.25) is 0 Å². The summed E-state index contributed by atoms with van der Waals surface area (Å²) in [6.07, 6.45) is 3.37. The maximum absolute atomic E-state index is 12.5. The molecule has 1 amide bonds. The van der Waals surface area contributed by atoms with Crippen LogP contribution >= 0.6 is 46.1 Å². The second-order valence-electron chi connectivity index (χ2n) is 4.98. The molecule has 2 aromatic heterocycles. The number of pyridine rings is 1.